The maximum Gasteiger partial charge on any atom is 0.0686 e. The molecule has 14 saturated carbocycles. The second-order valence-electron chi connectivity index (χ2n) is 35.1. The van der Waals surface area contributed by atoms with Gasteiger partial charge in [0.05, 0.1) is 23.4 Å². The maximum absolute atomic E-state index is 5.75. The van der Waals surface area contributed by atoms with Gasteiger partial charge in [0, 0.05) is 39.3 Å². The minimum atomic E-state index is -0.0796. The number of methoxy groups -OCH3 is 4. The van der Waals surface area contributed by atoms with Crippen LogP contribution in [0.4, 0.5) is 0 Å². The van der Waals surface area contributed by atoms with Gasteiger partial charge in [0.1, 0.15) is 0 Å². The molecule has 0 saturated heterocycles. The molecule has 564 valence electrons. The lowest BCUT2D eigenvalue weighted by atomic mass is 9.54. The highest BCUT2D eigenvalue weighted by Crippen LogP contribution is 2.58. The Morgan fingerprint density at radius 3 is 0.923 bits per heavy atom. The van der Waals surface area contributed by atoms with Crippen molar-refractivity contribution in [1.29, 1.82) is 0 Å². The van der Waals surface area contributed by atoms with Crippen LogP contribution in [-0.4, -0.2) is 51.8 Å². The van der Waals surface area contributed by atoms with E-state index in [1.54, 1.807) is 6.42 Å². The molecule has 4 nitrogen and oxygen atoms in total. The zero-order valence-electron chi connectivity index (χ0n) is 67.4. The Balaban J connectivity index is 0.000000129. The minimum absolute atomic E-state index is 0.0796. The fraction of sp³-hybridized carbons (Fsp3) is 0.580. The van der Waals surface area contributed by atoms with Gasteiger partial charge in [0.15, 0.2) is 0 Å². The molecule has 4 heteroatoms. The third-order valence-corrected chi connectivity index (χ3v) is 28.9. The molecule has 1 atom stereocenters. The van der Waals surface area contributed by atoms with Crippen LogP contribution in [0.15, 0.2) is 212 Å². The van der Waals surface area contributed by atoms with Crippen molar-refractivity contribution in [2.45, 2.75) is 281 Å². The predicted molar refractivity (Wildman–Crippen MR) is 441 cm³/mol. The maximum atomic E-state index is 5.75. The number of fused-ring (bicyclic) bond motifs is 6. The predicted octanol–water partition coefficient (Wildman–Crippen LogP) is 26.6. The largest absolute Gasteiger partial charge is 0.381 e. The third-order valence-electron chi connectivity index (χ3n) is 28.9. The van der Waals surface area contributed by atoms with Gasteiger partial charge in [-0.25, -0.2) is 0 Å². The molecule has 104 heavy (non-hydrogen) atoms. The summed E-state index contributed by atoms with van der Waals surface area (Å²) in [6, 6.07) is 75.4. The summed E-state index contributed by atoms with van der Waals surface area (Å²) in [4.78, 5) is 0. The standard InChI is InChI=1S/C21H20.C16H18.C12H18.2C11H18O.C11H16.2C9H16O/c1-2-21(18-12-6-3-7-13-18,19-14-8-4-9-15-19)20-16-10-5-11-17-20;1-3-16(2,14-10-6-4-7-11-14)15-12-8-5-9-13-15;1-4-12(3,5-2)11-9-7-6-8-10-11;1-12-11-5-8-2-9(6-11)4-10(3-8)7-11;1-12-11-9-3-7-2-8(5-9)6-10(11)4-7;1-4-11(2,3)10-8-6-5-7-9-10;1-10-9-5-2-8(3-6-9)4-7-9;1-10-9-6-7-2-4-8(9)5-3-7/h3-17H,2H2,1H3;4-13H,3H2,1-2H3;6-10H,4-5H2,1-3H3;8-10H,2-7H2,1H3;7-11H,2-6H2,1H3;5-9H,4H2,1-3H3;8H,2-7H2,1H3;7-9H,2-6H2,1H3. The van der Waals surface area contributed by atoms with Gasteiger partial charge in [-0.1, -0.05) is 275 Å². The van der Waals surface area contributed by atoms with Crippen LogP contribution in [-0.2, 0) is 40.6 Å². The highest BCUT2D eigenvalue weighted by molar-refractivity contribution is 5.50. The third kappa shape index (κ3) is 20.2. The molecule has 12 bridgehead atoms. The lowest BCUT2D eigenvalue weighted by Crippen LogP contribution is -2.51. The van der Waals surface area contributed by atoms with E-state index in [0.29, 0.717) is 34.2 Å². The Labute approximate surface area is 634 Å². The monoisotopic (exact) mass is 1410 g/mol. The van der Waals surface area contributed by atoms with E-state index in [9.17, 15) is 0 Å². The lowest BCUT2D eigenvalue weighted by Gasteiger charge is -2.55. The zero-order valence-corrected chi connectivity index (χ0v) is 67.4. The van der Waals surface area contributed by atoms with Gasteiger partial charge in [-0.15, -0.1) is 0 Å². The Kier molecular flexibility index (Phi) is 29.9. The topological polar surface area (TPSA) is 36.9 Å². The molecule has 14 aliphatic rings. The number of ether oxygens (including phenoxy) is 4. The summed E-state index contributed by atoms with van der Waals surface area (Å²) in [5, 5.41) is 0. The van der Waals surface area contributed by atoms with Crippen molar-refractivity contribution in [2.24, 2.45) is 59.2 Å². The van der Waals surface area contributed by atoms with Crippen molar-refractivity contribution in [1.82, 2.24) is 0 Å². The Hall–Kier alpha value is -5.62. The quantitative estimate of drug-likeness (QED) is 0.0904. The fourth-order valence-electron chi connectivity index (χ4n) is 21.7. The summed E-state index contributed by atoms with van der Waals surface area (Å²) in [6.07, 6.45) is 38.6. The van der Waals surface area contributed by atoms with Crippen LogP contribution < -0.4 is 0 Å². The summed E-state index contributed by atoms with van der Waals surface area (Å²) in [6.45, 7) is 20.5. The van der Waals surface area contributed by atoms with Gasteiger partial charge in [-0.2, -0.15) is 0 Å². The van der Waals surface area contributed by atoms with Crippen LogP contribution in [0.3, 0.4) is 0 Å². The van der Waals surface area contributed by atoms with Crippen LogP contribution in [0.1, 0.15) is 275 Å². The van der Waals surface area contributed by atoms with Crippen LogP contribution in [0, 0.1) is 59.2 Å². The van der Waals surface area contributed by atoms with E-state index < -0.39 is 0 Å². The average Bonchev–Trinajstić information content (AvgIpc) is 0.770. The van der Waals surface area contributed by atoms with Gasteiger partial charge in [0.25, 0.3) is 0 Å². The Morgan fingerprint density at radius 1 is 0.298 bits per heavy atom. The van der Waals surface area contributed by atoms with Crippen LogP contribution in [0.5, 0.6) is 0 Å². The SMILES string of the molecule is CCC(C)(C)c1ccccc1.CCC(C)(CC)c1ccccc1.CCC(C)(c1ccccc1)c1ccccc1.CCC(c1ccccc1)(c1ccccc1)c1ccccc1.COC12CC3CC(CC(C3)C1)C2.COC12CCC(CC1)CC2.COC1C2CC3CC(C2)CC1C3.COC1CC2CCC1CC2. The van der Waals surface area contributed by atoms with Crippen molar-refractivity contribution in [3.8, 4) is 0 Å². The summed E-state index contributed by atoms with van der Waals surface area (Å²) in [5.41, 5.74) is 11.2. The molecule has 0 heterocycles. The molecule has 7 aromatic carbocycles. The van der Waals surface area contributed by atoms with Gasteiger partial charge < -0.3 is 18.9 Å². The second-order valence-corrected chi connectivity index (χ2v) is 35.1. The van der Waals surface area contributed by atoms with Crippen LogP contribution in [0.25, 0.3) is 0 Å². The fourth-order valence-corrected chi connectivity index (χ4v) is 21.7. The molecule has 0 radical (unpaired) electrons. The Bertz CT molecular complexity index is 3260. The molecule has 1 unspecified atom stereocenters. The summed E-state index contributed by atoms with van der Waals surface area (Å²) >= 11 is 0. The zero-order chi connectivity index (χ0) is 73.6. The molecule has 21 rings (SSSR count). The molecule has 14 fully saturated rings. The van der Waals surface area contributed by atoms with Crippen molar-refractivity contribution in [2.75, 3.05) is 28.4 Å². The summed E-state index contributed by atoms with van der Waals surface area (Å²) in [5.74, 6) is 10.1. The summed E-state index contributed by atoms with van der Waals surface area (Å²) < 4.78 is 22.4. The number of rotatable bonds is 16. The molecule has 0 aliphatic heterocycles. The number of hydrogen-bond donors (Lipinski definition) is 0. The Morgan fingerprint density at radius 2 is 0.644 bits per heavy atom. The number of benzene rings is 7. The smallest absolute Gasteiger partial charge is 0.0686 e. The molecule has 0 N–H and O–H groups in total. The van der Waals surface area contributed by atoms with Crippen molar-refractivity contribution < 1.29 is 18.9 Å². The van der Waals surface area contributed by atoms with E-state index in [0.717, 1.165) is 72.0 Å². The van der Waals surface area contributed by atoms with Crippen molar-refractivity contribution in [3.63, 3.8) is 0 Å². The first kappa shape index (κ1) is 80.9. The van der Waals surface area contributed by atoms with Crippen LogP contribution in [0.2, 0.25) is 0 Å². The highest BCUT2D eigenvalue weighted by Gasteiger charge is 2.52. The highest BCUT2D eigenvalue weighted by atomic mass is 16.5. The van der Waals surface area contributed by atoms with E-state index in [1.807, 2.05) is 28.4 Å². The van der Waals surface area contributed by atoms with E-state index in [4.69, 9.17) is 18.9 Å². The van der Waals surface area contributed by atoms with Crippen molar-refractivity contribution >= 4 is 0 Å². The van der Waals surface area contributed by atoms with E-state index in [2.05, 4.69) is 275 Å². The normalized spacial score (nSPS) is 28.4. The minimum Gasteiger partial charge on any atom is -0.381 e. The first-order valence-corrected chi connectivity index (χ1v) is 42.0. The average molecular weight is 1410 g/mol. The van der Waals surface area contributed by atoms with E-state index in [1.165, 1.54) is 193 Å². The lowest BCUT2D eigenvalue weighted by molar-refractivity contribution is -0.145. The molecular formula is C100H140O4. The van der Waals surface area contributed by atoms with Crippen LogP contribution >= 0.6 is 0 Å². The van der Waals surface area contributed by atoms with Crippen molar-refractivity contribution in [3.05, 3.63) is 251 Å². The summed E-state index contributed by atoms with van der Waals surface area (Å²) in [7, 11) is 7.58. The second kappa shape index (κ2) is 38.5. The first-order valence-electron chi connectivity index (χ1n) is 42.0. The molecule has 14 aliphatic carbocycles. The van der Waals surface area contributed by atoms with Gasteiger partial charge >= 0.3 is 0 Å². The molecule has 0 spiro atoms. The van der Waals surface area contributed by atoms with Gasteiger partial charge in [-0.05, 0) is 282 Å². The molecule has 0 amide bonds. The van der Waals surface area contributed by atoms with E-state index >= 15 is 0 Å². The van der Waals surface area contributed by atoms with E-state index in [-0.39, 0.29) is 10.8 Å². The van der Waals surface area contributed by atoms with Gasteiger partial charge in [-0.3, -0.25) is 0 Å². The molecular weight excluding hydrogens is 1270 g/mol. The number of hydrogen-bond acceptors (Lipinski definition) is 4. The molecule has 7 aromatic rings. The van der Waals surface area contributed by atoms with Gasteiger partial charge in [0.2, 0.25) is 0 Å². The first-order chi connectivity index (χ1) is 50.4. The molecule has 0 aromatic heterocycles.